The summed E-state index contributed by atoms with van der Waals surface area (Å²) in [5, 5.41) is 0. The average Bonchev–Trinajstić information content (AvgIpc) is 1.19. The summed E-state index contributed by atoms with van der Waals surface area (Å²) in [5.74, 6) is 0. The zero-order chi connectivity index (χ0) is 8.08. The first kappa shape index (κ1) is 17.0. The molecule has 0 aromatic rings. The van der Waals surface area contributed by atoms with Gasteiger partial charge in [-0.2, -0.15) is 0 Å². The zero-order valence-corrected chi connectivity index (χ0v) is 6.65. The molecule has 0 aliphatic carbocycles. The molecule has 0 aromatic carbocycles. The third-order valence-corrected chi connectivity index (χ3v) is 0. The molecular weight excluding hydrogens is 195 g/mol. The number of hydrogen-bond acceptors (Lipinski definition) is 5. The average molecular weight is 202 g/mol. The van der Waals surface area contributed by atoms with E-state index >= 15 is 0 Å². The maximum absolute atomic E-state index is 8.74. The summed E-state index contributed by atoms with van der Waals surface area (Å²) in [7, 11) is -3.13. The molecule has 0 heterocycles. The van der Waals surface area contributed by atoms with Crippen molar-refractivity contribution in [3.05, 3.63) is 0 Å². The molecule has 0 spiro atoms. The second kappa shape index (κ2) is 7.87. The van der Waals surface area contributed by atoms with E-state index in [4.69, 9.17) is 28.8 Å². The van der Waals surface area contributed by atoms with E-state index in [9.17, 15) is 0 Å². The van der Waals surface area contributed by atoms with Crippen molar-refractivity contribution in [2.45, 2.75) is 0 Å². The van der Waals surface area contributed by atoms with Crippen LogP contribution in [0, 0.1) is 0 Å². The van der Waals surface area contributed by atoms with Gasteiger partial charge in [0.05, 0.1) is 0 Å². The van der Waals surface area contributed by atoms with Crippen molar-refractivity contribution >= 4 is 28.0 Å². The Morgan fingerprint density at radius 3 is 1.00 bits per heavy atom. The van der Waals surface area contributed by atoms with Crippen LogP contribution in [0.1, 0.15) is 0 Å². The molecule has 0 radical (unpaired) electrons. The second-order valence-electron chi connectivity index (χ2n) is 0.883. The van der Waals surface area contributed by atoms with Crippen LogP contribution in [0.5, 0.6) is 0 Å². The Morgan fingerprint density at radius 2 is 1.00 bits per heavy atom. The summed E-state index contributed by atoms with van der Waals surface area (Å²) >= 11 is -5.00. The van der Waals surface area contributed by atoms with Crippen molar-refractivity contribution in [1.82, 2.24) is 0 Å². The molecule has 10 heavy (non-hydrogen) atoms. The van der Waals surface area contributed by atoms with E-state index in [1.165, 1.54) is 0 Å². The van der Waals surface area contributed by atoms with Gasteiger partial charge in [0.25, 0.3) is 0 Å². The van der Waals surface area contributed by atoms with Crippen molar-refractivity contribution in [2.75, 3.05) is 0 Å². The van der Waals surface area contributed by atoms with E-state index < -0.39 is 27.3 Å². The fourth-order valence-corrected chi connectivity index (χ4v) is 0. The van der Waals surface area contributed by atoms with Gasteiger partial charge in [-0.25, -0.2) is 0 Å². The molecule has 0 bridgehead atoms. The maximum atomic E-state index is 8.74. The van der Waals surface area contributed by atoms with Gasteiger partial charge in [0, 0.05) is 0 Å². The first-order valence-corrected chi connectivity index (χ1v) is 5.64. The Morgan fingerprint density at radius 1 is 1.00 bits per heavy atom. The summed E-state index contributed by atoms with van der Waals surface area (Å²) in [6.45, 7) is 0. The van der Waals surface area contributed by atoms with Gasteiger partial charge in [0.2, 0.25) is 0 Å². The van der Waals surface area contributed by atoms with Crippen molar-refractivity contribution in [2.24, 2.45) is 0 Å². The third-order valence-electron chi connectivity index (χ3n) is 0. The van der Waals surface area contributed by atoms with Crippen LogP contribution in [-0.4, -0.2) is 52.4 Å². The van der Waals surface area contributed by atoms with Crippen LogP contribution in [0.25, 0.3) is 0 Å². The van der Waals surface area contributed by atoms with Gasteiger partial charge >= 0.3 is 60.9 Å². The topological polar surface area (TPSA) is 138 Å². The predicted molar refractivity (Wildman–Crippen MR) is 26.9 cm³/mol. The van der Waals surface area contributed by atoms with Crippen molar-refractivity contribution in [1.29, 1.82) is 0 Å². The van der Waals surface area contributed by atoms with Crippen LogP contribution in [0.2, 0.25) is 0 Å². The van der Waals surface area contributed by atoms with Gasteiger partial charge in [-0.3, -0.25) is 4.46 Å². The van der Waals surface area contributed by atoms with Crippen molar-refractivity contribution in [3.63, 3.8) is 0 Å². The molecule has 10 heteroatoms. The SMILES string of the molecule is O=[Si](O)O.[LiH].[OH][Ti]([OH])([OH])[OH]. The Hall–Kier alpha value is 0.769. The van der Waals surface area contributed by atoms with Crippen LogP contribution in [-0.2, 0) is 22.6 Å². The van der Waals surface area contributed by atoms with E-state index in [2.05, 4.69) is 0 Å². The molecule has 0 unspecified atom stereocenters. The fourth-order valence-electron chi connectivity index (χ4n) is 0. The van der Waals surface area contributed by atoms with E-state index in [0.717, 1.165) is 0 Å². The van der Waals surface area contributed by atoms with Crippen LogP contribution in [0.3, 0.4) is 0 Å². The molecule has 0 saturated heterocycles. The van der Waals surface area contributed by atoms with E-state index in [0.29, 0.717) is 0 Å². The molecule has 7 nitrogen and oxygen atoms in total. The van der Waals surface area contributed by atoms with E-state index in [-0.39, 0.29) is 18.9 Å². The summed E-state index contributed by atoms with van der Waals surface area (Å²) in [6, 6.07) is 0. The fraction of sp³-hybridized carbons (Fsp3) is 0. The van der Waals surface area contributed by atoms with Crippen molar-refractivity contribution in [3.8, 4) is 0 Å². The molecule has 0 amide bonds. The normalized spacial score (nSPS) is 8.40. The molecule has 6 N–H and O–H groups in total. The monoisotopic (exact) mass is 202 g/mol. The van der Waals surface area contributed by atoms with Crippen LogP contribution in [0.15, 0.2) is 0 Å². The number of hydrogen-bond donors (Lipinski definition) is 6. The zero-order valence-electron chi connectivity index (χ0n) is 4.09. The quantitative estimate of drug-likeness (QED) is 0.217. The first-order chi connectivity index (χ1) is 3.73. The first-order valence-electron chi connectivity index (χ1n) is 1.55. The van der Waals surface area contributed by atoms with E-state index in [1.54, 1.807) is 0 Å². The van der Waals surface area contributed by atoms with Gasteiger partial charge < -0.3 is 9.59 Å². The van der Waals surface area contributed by atoms with Crippen LogP contribution < -0.4 is 0 Å². The Balaban J connectivity index is -0.0000000910. The molecule has 0 atom stereocenters. The molecule has 58 valence electrons. The molecule has 0 saturated carbocycles. The number of rotatable bonds is 0. The Labute approximate surface area is 74.9 Å². The third kappa shape index (κ3) is 896. The molecule has 0 aliphatic rings. The minimum absolute atomic E-state index is 0. The minimum atomic E-state index is -5.00. The Bertz CT molecular complexity index is 76.1. The molecule has 0 rings (SSSR count). The molecule has 0 fully saturated rings. The van der Waals surface area contributed by atoms with Crippen LogP contribution in [0.4, 0.5) is 0 Å². The molecule has 0 aliphatic heterocycles. The summed E-state index contributed by atoms with van der Waals surface area (Å²) in [5.41, 5.74) is 0. The van der Waals surface area contributed by atoms with Gasteiger partial charge in [0.1, 0.15) is 0 Å². The van der Waals surface area contributed by atoms with Crippen LogP contribution >= 0.6 is 0 Å². The molecular formula is H7LiO7SiTi. The van der Waals surface area contributed by atoms with E-state index in [1.807, 2.05) is 0 Å². The summed E-state index contributed by atoms with van der Waals surface area (Å²) in [6.07, 6.45) is 0. The van der Waals surface area contributed by atoms with Gasteiger partial charge in [-0.15, -0.1) is 0 Å². The van der Waals surface area contributed by atoms with Gasteiger partial charge in [0.15, 0.2) is 0 Å². The summed E-state index contributed by atoms with van der Waals surface area (Å²) in [4.78, 5) is 14.3. The second-order valence-corrected chi connectivity index (χ2v) is 3.32. The van der Waals surface area contributed by atoms with Crippen molar-refractivity contribution < 1.29 is 46.9 Å². The van der Waals surface area contributed by atoms with Gasteiger partial charge in [-0.05, 0) is 0 Å². The Kier molecular flexibility index (Phi) is 13.4. The predicted octanol–water partition coefficient (Wildman–Crippen LogP) is -4.49. The molecule has 0 aromatic heterocycles. The summed E-state index contributed by atoms with van der Waals surface area (Å²) < 4.78 is 38.2. The standard InChI is InChI=1S/Li.H2O3Si.4H2O.Ti.H/c;1-4(2)3;;;;;;/h;1-2H;4*1H2;;/q;;;;;;+4;/p-4. The van der Waals surface area contributed by atoms with Gasteiger partial charge in [-0.1, -0.05) is 0 Å².